The van der Waals surface area contributed by atoms with E-state index < -0.39 is 9.84 Å². The first-order valence-corrected chi connectivity index (χ1v) is 6.30. The van der Waals surface area contributed by atoms with E-state index in [0.29, 0.717) is 6.61 Å². The molecule has 1 unspecified atom stereocenters. The van der Waals surface area contributed by atoms with E-state index in [1.54, 1.807) is 6.92 Å². The minimum absolute atomic E-state index is 0.0667. The van der Waals surface area contributed by atoms with Gasteiger partial charge in [-0.25, -0.2) is 8.42 Å². The highest BCUT2D eigenvalue weighted by Gasteiger charge is 2.08. The van der Waals surface area contributed by atoms with Crippen LogP contribution in [0.2, 0.25) is 0 Å². The van der Waals surface area contributed by atoms with Crippen LogP contribution in [0.4, 0.5) is 0 Å². The molecule has 0 rings (SSSR count). The summed E-state index contributed by atoms with van der Waals surface area (Å²) in [5.74, 6) is 0.314. The summed E-state index contributed by atoms with van der Waals surface area (Å²) in [6.07, 6.45) is 0.0667. The molecular weight excluding hydrogens is 190 g/mol. The van der Waals surface area contributed by atoms with Crippen molar-refractivity contribution in [2.24, 2.45) is 0 Å². The van der Waals surface area contributed by atoms with Gasteiger partial charge in [0.1, 0.15) is 0 Å². The molecule has 0 bridgehead atoms. The Labute approximate surface area is 80.6 Å². The quantitative estimate of drug-likeness (QED) is 0.643. The number of sulfone groups is 1. The van der Waals surface area contributed by atoms with Gasteiger partial charge in [0.25, 0.3) is 0 Å². The highest BCUT2D eigenvalue weighted by molar-refractivity contribution is 7.91. The molecule has 0 saturated carbocycles. The van der Waals surface area contributed by atoms with Crippen LogP contribution in [0, 0.1) is 0 Å². The highest BCUT2D eigenvalue weighted by atomic mass is 32.2. The van der Waals surface area contributed by atoms with Crippen molar-refractivity contribution < 1.29 is 13.2 Å². The Morgan fingerprint density at radius 1 is 1.46 bits per heavy atom. The fourth-order valence-corrected chi connectivity index (χ4v) is 1.51. The van der Waals surface area contributed by atoms with Gasteiger partial charge in [0, 0.05) is 12.3 Å². The molecule has 0 aliphatic rings. The molecule has 0 aromatic rings. The smallest absolute Gasteiger partial charge is 0.152 e. The Kier molecular flexibility index (Phi) is 6.28. The lowest BCUT2D eigenvalue weighted by atomic mass is 10.4. The lowest BCUT2D eigenvalue weighted by Gasteiger charge is -2.11. The van der Waals surface area contributed by atoms with Crippen molar-refractivity contribution in [1.82, 2.24) is 5.32 Å². The van der Waals surface area contributed by atoms with Crippen LogP contribution >= 0.6 is 0 Å². The van der Waals surface area contributed by atoms with E-state index in [2.05, 4.69) is 5.32 Å². The average molecular weight is 209 g/mol. The molecule has 0 heterocycles. The molecule has 4 nitrogen and oxygen atoms in total. The van der Waals surface area contributed by atoms with E-state index in [4.69, 9.17) is 4.74 Å². The molecule has 0 spiro atoms. The van der Waals surface area contributed by atoms with Gasteiger partial charge in [-0.15, -0.1) is 0 Å². The number of hydrogen-bond acceptors (Lipinski definition) is 4. The van der Waals surface area contributed by atoms with Gasteiger partial charge in [-0.05, 0) is 14.0 Å². The Morgan fingerprint density at radius 3 is 2.54 bits per heavy atom. The second-order valence-electron chi connectivity index (χ2n) is 2.98. The molecule has 0 fully saturated rings. The lowest BCUT2D eigenvalue weighted by molar-refractivity contribution is 0.0789. The zero-order chi connectivity index (χ0) is 10.3. The number of ether oxygens (including phenoxy) is 1. The molecule has 0 aliphatic heterocycles. The van der Waals surface area contributed by atoms with Crippen LogP contribution < -0.4 is 5.32 Å². The third-order valence-electron chi connectivity index (χ3n) is 1.73. The van der Waals surface area contributed by atoms with Crippen molar-refractivity contribution in [1.29, 1.82) is 0 Å². The molecule has 1 atom stereocenters. The predicted octanol–water partition coefficient (Wildman–Crippen LogP) is 0.0456. The Morgan fingerprint density at radius 2 is 2.08 bits per heavy atom. The van der Waals surface area contributed by atoms with E-state index in [0.717, 1.165) is 6.54 Å². The molecule has 0 saturated heterocycles. The first kappa shape index (κ1) is 12.9. The maximum atomic E-state index is 11.0. The van der Waals surface area contributed by atoms with Gasteiger partial charge in [-0.1, -0.05) is 6.92 Å². The maximum absolute atomic E-state index is 11.0. The second kappa shape index (κ2) is 6.34. The van der Waals surface area contributed by atoms with Crippen LogP contribution in [-0.2, 0) is 14.6 Å². The van der Waals surface area contributed by atoms with Gasteiger partial charge >= 0.3 is 0 Å². The number of likely N-dealkylation sites (N-methyl/N-ethyl adjacent to an activating group) is 1. The van der Waals surface area contributed by atoms with E-state index in [-0.39, 0.29) is 17.6 Å². The molecule has 80 valence electrons. The van der Waals surface area contributed by atoms with Crippen LogP contribution in [0.15, 0.2) is 0 Å². The third-order valence-corrected chi connectivity index (χ3v) is 3.40. The number of nitrogens with one attached hydrogen (secondary N) is 1. The minimum Gasteiger partial charge on any atom is -0.376 e. The normalized spacial score (nSPS) is 14.4. The van der Waals surface area contributed by atoms with E-state index in [9.17, 15) is 8.42 Å². The van der Waals surface area contributed by atoms with Crippen LogP contribution in [0.3, 0.4) is 0 Å². The summed E-state index contributed by atoms with van der Waals surface area (Å²) in [4.78, 5) is 0. The SMILES string of the molecule is CCS(=O)(=O)CCOC(C)CNC. The van der Waals surface area contributed by atoms with Crippen molar-refractivity contribution in [2.45, 2.75) is 20.0 Å². The minimum atomic E-state index is -2.88. The molecule has 5 heteroatoms. The summed E-state index contributed by atoms with van der Waals surface area (Å²) in [5, 5.41) is 2.95. The van der Waals surface area contributed by atoms with Crippen LogP contribution in [0.25, 0.3) is 0 Å². The highest BCUT2D eigenvalue weighted by Crippen LogP contribution is 1.93. The summed E-state index contributed by atoms with van der Waals surface area (Å²) >= 11 is 0. The van der Waals surface area contributed by atoms with E-state index in [1.807, 2.05) is 14.0 Å². The van der Waals surface area contributed by atoms with Gasteiger partial charge in [0.2, 0.25) is 0 Å². The standard InChI is InChI=1S/C8H19NO3S/c1-4-13(10,11)6-5-12-8(2)7-9-3/h8-9H,4-7H2,1-3H3. The van der Waals surface area contributed by atoms with Crippen molar-refractivity contribution >= 4 is 9.84 Å². The zero-order valence-corrected chi connectivity index (χ0v) is 9.36. The van der Waals surface area contributed by atoms with E-state index in [1.165, 1.54) is 0 Å². The maximum Gasteiger partial charge on any atom is 0.152 e. The molecule has 1 N–H and O–H groups in total. The number of hydrogen-bond donors (Lipinski definition) is 1. The summed E-state index contributed by atoms with van der Waals surface area (Å²) in [6.45, 7) is 4.59. The molecule has 0 aromatic carbocycles. The molecule has 0 aliphatic carbocycles. The van der Waals surface area contributed by atoms with Crippen molar-refractivity contribution in [2.75, 3.05) is 31.7 Å². The van der Waals surface area contributed by atoms with Gasteiger partial charge in [0.15, 0.2) is 9.84 Å². The fraction of sp³-hybridized carbons (Fsp3) is 1.00. The van der Waals surface area contributed by atoms with Gasteiger partial charge in [-0.3, -0.25) is 0 Å². The second-order valence-corrected chi connectivity index (χ2v) is 5.45. The molecule has 0 amide bonds. The van der Waals surface area contributed by atoms with Crippen LogP contribution in [0.1, 0.15) is 13.8 Å². The number of rotatable bonds is 7. The zero-order valence-electron chi connectivity index (χ0n) is 8.54. The fourth-order valence-electron chi connectivity index (χ4n) is 0.867. The average Bonchev–Trinajstić information content (AvgIpc) is 2.05. The Bertz CT molecular complexity index is 213. The summed E-state index contributed by atoms with van der Waals surface area (Å²) in [6, 6.07) is 0. The lowest BCUT2D eigenvalue weighted by Crippen LogP contribution is -2.26. The van der Waals surface area contributed by atoms with Gasteiger partial charge in [0.05, 0.1) is 18.5 Å². The van der Waals surface area contributed by atoms with Crippen LogP contribution in [-0.4, -0.2) is 46.2 Å². The Balaban J connectivity index is 3.56. The van der Waals surface area contributed by atoms with Crippen molar-refractivity contribution in [3.05, 3.63) is 0 Å². The topological polar surface area (TPSA) is 55.4 Å². The van der Waals surface area contributed by atoms with E-state index >= 15 is 0 Å². The summed E-state index contributed by atoms with van der Waals surface area (Å²) < 4.78 is 27.4. The van der Waals surface area contributed by atoms with Crippen molar-refractivity contribution in [3.8, 4) is 0 Å². The van der Waals surface area contributed by atoms with Gasteiger partial charge in [-0.2, -0.15) is 0 Å². The van der Waals surface area contributed by atoms with Crippen LogP contribution in [0.5, 0.6) is 0 Å². The molecule has 13 heavy (non-hydrogen) atoms. The largest absolute Gasteiger partial charge is 0.376 e. The first-order chi connectivity index (χ1) is 6.02. The Hall–Kier alpha value is -0.130. The summed E-state index contributed by atoms with van der Waals surface area (Å²) in [5.41, 5.74) is 0. The van der Waals surface area contributed by atoms with Crippen molar-refractivity contribution in [3.63, 3.8) is 0 Å². The predicted molar refractivity (Wildman–Crippen MR) is 53.7 cm³/mol. The molecular formula is C8H19NO3S. The first-order valence-electron chi connectivity index (χ1n) is 4.48. The summed E-state index contributed by atoms with van der Waals surface area (Å²) in [7, 11) is -1.04. The molecule has 0 radical (unpaired) electrons. The third kappa shape index (κ3) is 6.98. The monoisotopic (exact) mass is 209 g/mol. The molecule has 0 aromatic heterocycles. The van der Waals surface area contributed by atoms with Gasteiger partial charge < -0.3 is 10.1 Å².